The molecule has 0 unspecified atom stereocenters. The Kier molecular flexibility index (Phi) is 5.90. The van der Waals surface area contributed by atoms with Crippen LogP contribution in [0.5, 0.6) is 0 Å². The van der Waals surface area contributed by atoms with Crippen LogP contribution in [0.25, 0.3) is 0 Å². The first-order valence-electron chi connectivity index (χ1n) is 7.09. The minimum absolute atomic E-state index is 0.413. The number of nitrogens with zero attached hydrogens (tertiary/aromatic N) is 1. The Bertz CT molecular complexity index is 210. The molecule has 3 nitrogen and oxygen atoms in total. The van der Waals surface area contributed by atoms with Crippen molar-refractivity contribution in [2.24, 2.45) is 11.7 Å². The van der Waals surface area contributed by atoms with E-state index in [1.165, 1.54) is 19.4 Å². The van der Waals surface area contributed by atoms with E-state index in [-0.39, 0.29) is 0 Å². The minimum atomic E-state index is -0.574. The lowest BCUT2D eigenvalue weighted by atomic mass is 9.82. The molecule has 0 spiro atoms. The van der Waals surface area contributed by atoms with Crippen LogP contribution in [0.15, 0.2) is 0 Å². The van der Waals surface area contributed by atoms with Gasteiger partial charge in [-0.15, -0.1) is 0 Å². The molecule has 0 aliphatic heterocycles. The van der Waals surface area contributed by atoms with E-state index in [0.29, 0.717) is 12.6 Å². The van der Waals surface area contributed by atoms with Gasteiger partial charge in [-0.05, 0) is 58.0 Å². The Balaban J connectivity index is 2.23. The number of rotatable bonds is 6. The van der Waals surface area contributed by atoms with Crippen LogP contribution in [0.1, 0.15) is 52.4 Å². The lowest BCUT2D eigenvalue weighted by molar-refractivity contribution is -0.00958. The van der Waals surface area contributed by atoms with E-state index in [1.807, 2.05) is 0 Å². The maximum atomic E-state index is 10.1. The first-order chi connectivity index (χ1) is 7.97. The molecule has 0 radical (unpaired) electrons. The van der Waals surface area contributed by atoms with Gasteiger partial charge in [-0.1, -0.05) is 13.8 Å². The summed E-state index contributed by atoms with van der Waals surface area (Å²) < 4.78 is 0. The van der Waals surface area contributed by atoms with Gasteiger partial charge >= 0.3 is 0 Å². The lowest BCUT2D eigenvalue weighted by Gasteiger charge is -2.39. The average Bonchev–Trinajstić information content (AvgIpc) is 2.29. The average molecular weight is 242 g/mol. The predicted molar refractivity (Wildman–Crippen MR) is 73.0 cm³/mol. The standard InChI is InChI=1S/C14H30N2O/c1-12(2)5-4-10-16(3)13-6-8-14(17,11-15)9-7-13/h12-13,17H,4-11,15H2,1-3H3. The highest BCUT2D eigenvalue weighted by Gasteiger charge is 2.32. The highest BCUT2D eigenvalue weighted by Crippen LogP contribution is 2.29. The van der Waals surface area contributed by atoms with Crippen LogP contribution in [-0.4, -0.2) is 41.8 Å². The molecule has 0 saturated heterocycles. The summed E-state index contributed by atoms with van der Waals surface area (Å²) in [6, 6.07) is 0.647. The third-order valence-corrected chi connectivity index (χ3v) is 4.18. The van der Waals surface area contributed by atoms with Gasteiger partial charge in [-0.25, -0.2) is 0 Å². The maximum Gasteiger partial charge on any atom is 0.0770 e. The van der Waals surface area contributed by atoms with Crippen molar-refractivity contribution >= 4 is 0 Å². The van der Waals surface area contributed by atoms with Gasteiger partial charge in [-0.2, -0.15) is 0 Å². The molecule has 3 heteroatoms. The maximum absolute atomic E-state index is 10.1. The fourth-order valence-corrected chi connectivity index (χ4v) is 2.72. The van der Waals surface area contributed by atoms with Crippen molar-refractivity contribution in [1.82, 2.24) is 4.90 Å². The van der Waals surface area contributed by atoms with Gasteiger partial charge in [0.1, 0.15) is 0 Å². The van der Waals surface area contributed by atoms with Crippen LogP contribution in [-0.2, 0) is 0 Å². The van der Waals surface area contributed by atoms with Crippen molar-refractivity contribution in [1.29, 1.82) is 0 Å². The van der Waals surface area contributed by atoms with Gasteiger partial charge in [0.15, 0.2) is 0 Å². The topological polar surface area (TPSA) is 49.5 Å². The number of hydrogen-bond acceptors (Lipinski definition) is 3. The van der Waals surface area contributed by atoms with Gasteiger partial charge < -0.3 is 15.7 Å². The number of nitrogens with two attached hydrogens (primary N) is 1. The smallest absolute Gasteiger partial charge is 0.0770 e. The van der Waals surface area contributed by atoms with E-state index in [4.69, 9.17) is 5.73 Å². The molecule has 0 atom stereocenters. The zero-order valence-electron chi connectivity index (χ0n) is 11.8. The van der Waals surface area contributed by atoms with Crippen molar-refractivity contribution in [3.05, 3.63) is 0 Å². The summed E-state index contributed by atoms with van der Waals surface area (Å²) >= 11 is 0. The van der Waals surface area contributed by atoms with Crippen LogP contribution in [0.2, 0.25) is 0 Å². The second kappa shape index (κ2) is 6.72. The van der Waals surface area contributed by atoms with Crippen LogP contribution in [0, 0.1) is 5.92 Å². The van der Waals surface area contributed by atoms with E-state index < -0.39 is 5.60 Å². The molecule has 102 valence electrons. The fraction of sp³-hybridized carbons (Fsp3) is 1.00. The summed E-state index contributed by atoms with van der Waals surface area (Å²) in [6.07, 6.45) is 6.50. The van der Waals surface area contributed by atoms with Crippen molar-refractivity contribution in [2.75, 3.05) is 20.1 Å². The third kappa shape index (κ3) is 4.94. The SMILES string of the molecule is CC(C)CCCN(C)C1CCC(O)(CN)CC1. The Morgan fingerprint density at radius 3 is 2.41 bits per heavy atom. The highest BCUT2D eigenvalue weighted by atomic mass is 16.3. The predicted octanol–water partition coefficient (Wildman–Crippen LogP) is 1.99. The van der Waals surface area contributed by atoms with E-state index in [0.717, 1.165) is 31.6 Å². The van der Waals surface area contributed by atoms with Gasteiger partial charge in [0, 0.05) is 12.6 Å². The summed E-state index contributed by atoms with van der Waals surface area (Å²) in [6.45, 7) is 6.16. The van der Waals surface area contributed by atoms with Gasteiger partial charge in [0.25, 0.3) is 0 Å². The van der Waals surface area contributed by atoms with Crippen molar-refractivity contribution < 1.29 is 5.11 Å². The van der Waals surface area contributed by atoms with Crippen LogP contribution in [0.3, 0.4) is 0 Å². The van der Waals surface area contributed by atoms with Crippen LogP contribution < -0.4 is 5.73 Å². The van der Waals surface area contributed by atoms with Crippen molar-refractivity contribution in [2.45, 2.75) is 64.0 Å². The summed E-state index contributed by atoms with van der Waals surface area (Å²) in [5, 5.41) is 10.1. The van der Waals surface area contributed by atoms with E-state index in [2.05, 4.69) is 25.8 Å². The molecular formula is C14H30N2O. The molecule has 3 N–H and O–H groups in total. The quantitative estimate of drug-likeness (QED) is 0.749. The molecule has 0 aromatic heterocycles. The molecule has 1 saturated carbocycles. The van der Waals surface area contributed by atoms with Crippen LogP contribution in [0.4, 0.5) is 0 Å². The largest absolute Gasteiger partial charge is 0.389 e. The Morgan fingerprint density at radius 2 is 1.94 bits per heavy atom. The normalized spacial score (nSPS) is 30.2. The molecule has 1 fully saturated rings. The lowest BCUT2D eigenvalue weighted by Crippen LogP contribution is -2.46. The molecule has 0 bridgehead atoms. The van der Waals surface area contributed by atoms with Crippen molar-refractivity contribution in [3.63, 3.8) is 0 Å². The zero-order valence-corrected chi connectivity index (χ0v) is 11.8. The second-order valence-electron chi connectivity index (χ2n) is 6.18. The van der Waals surface area contributed by atoms with Crippen molar-refractivity contribution in [3.8, 4) is 0 Å². The van der Waals surface area contributed by atoms with Gasteiger partial charge in [-0.3, -0.25) is 0 Å². The third-order valence-electron chi connectivity index (χ3n) is 4.18. The summed E-state index contributed by atoms with van der Waals surface area (Å²) in [7, 11) is 2.22. The highest BCUT2D eigenvalue weighted by molar-refractivity contribution is 4.89. The van der Waals surface area contributed by atoms with Gasteiger partial charge in [0.05, 0.1) is 5.60 Å². The van der Waals surface area contributed by atoms with Crippen LogP contribution >= 0.6 is 0 Å². The molecule has 0 aromatic rings. The summed E-state index contributed by atoms with van der Waals surface area (Å²) in [5.74, 6) is 0.803. The Labute approximate surface area is 106 Å². The Hall–Kier alpha value is -0.120. The van der Waals surface area contributed by atoms with E-state index in [9.17, 15) is 5.11 Å². The summed E-state index contributed by atoms with van der Waals surface area (Å²) in [5.41, 5.74) is 5.03. The first kappa shape index (κ1) is 14.9. The monoisotopic (exact) mass is 242 g/mol. The molecule has 1 rings (SSSR count). The molecule has 0 aromatic carbocycles. The molecule has 17 heavy (non-hydrogen) atoms. The van der Waals surface area contributed by atoms with E-state index in [1.54, 1.807) is 0 Å². The first-order valence-corrected chi connectivity index (χ1v) is 7.09. The van der Waals surface area contributed by atoms with Gasteiger partial charge in [0.2, 0.25) is 0 Å². The number of aliphatic hydroxyl groups is 1. The van der Waals surface area contributed by atoms with E-state index >= 15 is 0 Å². The molecule has 1 aliphatic rings. The second-order valence-corrected chi connectivity index (χ2v) is 6.18. The summed E-state index contributed by atoms with van der Waals surface area (Å²) in [4.78, 5) is 2.47. The number of hydrogen-bond donors (Lipinski definition) is 2. The Morgan fingerprint density at radius 1 is 1.35 bits per heavy atom. The molecule has 0 heterocycles. The minimum Gasteiger partial charge on any atom is -0.389 e. The molecule has 0 amide bonds. The molecule has 1 aliphatic carbocycles. The fourth-order valence-electron chi connectivity index (χ4n) is 2.72. The zero-order chi connectivity index (χ0) is 12.9. The molecular weight excluding hydrogens is 212 g/mol.